The Hall–Kier alpha value is -0.0800. The zero-order valence-corrected chi connectivity index (χ0v) is 4.18. The summed E-state index contributed by atoms with van der Waals surface area (Å²) >= 11 is 0. The molecule has 2 heteroatoms. The van der Waals surface area contributed by atoms with Gasteiger partial charge in [-0.15, -0.1) is 0 Å². The summed E-state index contributed by atoms with van der Waals surface area (Å²) in [6, 6.07) is 0.804. The van der Waals surface area contributed by atoms with E-state index in [-0.39, 0.29) is 0 Å². The van der Waals surface area contributed by atoms with E-state index in [1.165, 1.54) is 12.8 Å². The number of ether oxygens (including phenoxy) is 1. The highest BCUT2D eigenvalue weighted by Crippen LogP contribution is 2.21. The Balaban J connectivity index is 1.99. The molecule has 0 radical (unpaired) electrons. The van der Waals surface area contributed by atoms with Gasteiger partial charge in [0, 0.05) is 12.5 Å². The lowest BCUT2D eigenvalue weighted by Gasteiger charge is -2.42. The van der Waals surface area contributed by atoms with Gasteiger partial charge in [0.15, 0.2) is 0 Å². The van der Waals surface area contributed by atoms with Crippen molar-refractivity contribution < 1.29 is 4.74 Å². The normalized spacial score (nSPS) is 48.0. The molecule has 1 N–H and O–H groups in total. The second-order valence-corrected chi connectivity index (χ2v) is 2.25. The average Bonchev–Trinajstić information content (AvgIpc) is 1.67. The van der Waals surface area contributed by atoms with E-state index in [4.69, 9.17) is 4.74 Å². The summed E-state index contributed by atoms with van der Waals surface area (Å²) in [6.07, 6.45) is 2.90. The van der Waals surface area contributed by atoms with Crippen LogP contribution < -0.4 is 5.32 Å². The maximum absolute atomic E-state index is 5.23. The van der Waals surface area contributed by atoms with Crippen LogP contribution in [0.1, 0.15) is 12.8 Å². The topological polar surface area (TPSA) is 21.3 Å². The highest BCUT2D eigenvalue weighted by atomic mass is 16.5. The fourth-order valence-electron chi connectivity index (χ4n) is 1.17. The van der Waals surface area contributed by atoms with Gasteiger partial charge < -0.3 is 4.74 Å². The maximum atomic E-state index is 5.23. The molecule has 3 heterocycles. The lowest BCUT2D eigenvalue weighted by Crippen LogP contribution is -2.58. The van der Waals surface area contributed by atoms with Crippen LogP contribution in [0.3, 0.4) is 0 Å². The van der Waals surface area contributed by atoms with E-state index in [1.54, 1.807) is 0 Å². The number of rotatable bonds is 0. The van der Waals surface area contributed by atoms with Crippen LogP contribution in [0, 0.1) is 0 Å². The smallest absolute Gasteiger partial charge is 0.109 e. The molecule has 0 aromatic rings. The van der Waals surface area contributed by atoms with E-state index >= 15 is 0 Å². The van der Waals surface area contributed by atoms with E-state index in [2.05, 4.69) is 5.32 Å². The van der Waals surface area contributed by atoms with Crippen LogP contribution in [0.5, 0.6) is 0 Å². The Labute approximate surface area is 42.9 Å². The van der Waals surface area contributed by atoms with Crippen molar-refractivity contribution in [3.8, 4) is 0 Å². The zero-order chi connectivity index (χ0) is 4.69. The monoisotopic (exact) mass is 99.1 g/mol. The molecule has 40 valence electrons. The molecular formula is C5H9NO. The molecule has 0 amide bonds. The second-order valence-electron chi connectivity index (χ2n) is 2.25. The lowest BCUT2D eigenvalue weighted by molar-refractivity contribution is -0.0909. The molecule has 0 aliphatic carbocycles. The third-order valence-electron chi connectivity index (χ3n) is 1.71. The quantitative estimate of drug-likeness (QED) is 0.465. The van der Waals surface area contributed by atoms with Crippen LogP contribution in [-0.2, 0) is 4.74 Å². The molecule has 2 atom stereocenters. The van der Waals surface area contributed by atoms with Gasteiger partial charge in [-0.25, -0.2) is 0 Å². The molecule has 2 bridgehead atoms. The molecule has 0 aromatic carbocycles. The summed E-state index contributed by atoms with van der Waals surface area (Å²) < 4.78 is 5.23. The van der Waals surface area contributed by atoms with E-state index in [1.807, 2.05) is 0 Å². The van der Waals surface area contributed by atoms with Crippen molar-refractivity contribution in [2.45, 2.75) is 25.1 Å². The van der Waals surface area contributed by atoms with Gasteiger partial charge in [0.2, 0.25) is 0 Å². The second kappa shape index (κ2) is 1.20. The van der Waals surface area contributed by atoms with E-state index in [9.17, 15) is 0 Å². The first-order chi connectivity index (χ1) is 3.45. The number of nitrogens with one attached hydrogen (secondary N) is 1. The van der Waals surface area contributed by atoms with Crippen molar-refractivity contribution >= 4 is 0 Å². The minimum absolute atomic E-state index is 0.429. The van der Waals surface area contributed by atoms with Gasteiger partial charge in [0.25, 0.3) is 0 Å². The van der Waals surface area contributed by atoms with Crippen molar-refractivity contribution in [1.29, 1.82) is 0 Å². The van der Waals surface area contributed by atoms with Crippen LogP contribution in [0.2, 0.25) is 0 Å². The Morgan fingerprint density at radius 1 is 1.57 bits per heavy atom. The number of hydrogen-bond donors (Lipinski definition) is 1. The first-order valence-corrected chi connectivity index (χ1v) is 2.83. The average molecular weight is 99.1 g/mol. The van der Waals surface area contributed by atoms with Gasteiger partial charge in [-0.2, -0.15) is 0 Å². The zero-order valence-electron chi connectivity index (χ0n) is 4.18. The Bertz CT molecular complexity index is 64.6. The molecule has 0 spiro atoms. The number of fused-ring (bicyclic) bond motifs is 2. The summed E-state index contributed by atoms with van der Waals surface area (Å²) in [7, 11) is 0. The summed E-state index contributed by atoms with van der Waals surface area (Å²) in [5.74, 6) is 0. The van der Waals surface area contributed by atoms with Gasteiger partial charge in [0.1, 0.15) is 6.23 Å². The van der Waals surface area contributed by atoms with Crippen molar-refractivity contribution in [2.75, 3.05) is 6.61 Å². The van der Waals surface area contributed by atoms with Gasteiger partial charge in [0.05, 0.1) is 6.61 Å². The molecule has 2 nitrogen and oxygen atoms in total. The molecule has 3 saturated heterocycles. The molecule has 2 unspecified atom stereocenters. The van der Waals surface area contributed by atoms with E-state index in [0.29, 0.717) is 6.23 Å². The molecular weight excluding hydrogens is 90.1 g/mol. The third kappa shape index (κ3) is 0.469. The van der Waals surface area contributed by atoms with Crippen molar-refractivity contribution in [1.82, 2.24) is 5.32 Å². The SMILES string of the molecule is C1CC2CC(N2)O1. The fourth-order valence-corrected chi connectivity index (χ4v) is 1.17. The molecule has 3 rings (SSSR count). The largest absolute Gasteiger partial charge is 0.363 e. The van der Waals surface area contributed by atoms with Crippen molar-refractivity contribution in [3.63, 3.8) is 0 Å². The fraction of sp³-hybridized carbons (Fsp3) is 1.00. The van der Waals surface area contributed by atoms with Crippen LogP contribution in [0.25, 0.3) is 0 Å². The summed E-state index contributed by atoms with van der Waals surface area (Å²) in [6.45, 7) is 0.975. The first-order valence-electron chi connectivity index (χ1n) is 2.83. The van der Waals surface area contributed by atoms with E-state index < -0.39 is 0 Å². The van der Waals surface area contributed by atoms with Gasteiger partial charge in [-0.3, -0.25) is 5.32 Å². The van der Waals surface area contributed by atoms with Crippen LogP contribution in [0.4, 0.5) is 0 Å². The van der Waals surface area contributed by atoms with E-state index in [0.717, 1.165) is 12.6 Å². The summed E-state index contributed by atoms with van der Waals surface area (Å²) in [4.78, 5) is 0. The third-order valence-corrected chi connectivity index (χ3v) is 1.71. The van der Waals surface area contributed by atoms with Crippen molar-refractivity contribution in [3.05, 3.63) is 0 Å². The minimum atomic E-state index is 0.429. The van der Waals surface area contributed by atoms with Gasteiger partial charge in [-0.05, 0) is 6.42 Å². The Kier molecular flexibility index (Phi) is 0.664. The summed E-state index contributed by atoms with van der Waals surface area (Å²) in [5.41, 5.74) is 0. The molecule has 3 aliphatic heterocycles. The minimum Gasteiger partial charge on any atom is -0.363 e. The Morgan fingerprint density at radius 3 is 2.57 bits per heavy atom. The molecule has 7 heavy (non-hydrogen) atoms. The summed E-state index contributed by atoms with van der Waals surface area (Å²) in [5, 5.41) is 3.26. The highest BCUT2D eigenvalue weighted by molar-refractivity contribution is 4.86. The van der Waals surface area contributed by atoms with Crippen LogP contribution in [0.15, 0.2) is 0 Å². The van der Waals surface area contributed by atoms with Gasteiger partial charge in [-0.1, -0.05) is 0 Å². The lowest BCUT2D eigenvalue weighted by atomic mass is 9.99. The predicted octanol–water partition coefficient (Wildman–Crippen LogP) is 0.0947. The van der Waals surface area contributed by atoms with Crippen LogP contribution in [-0.4, -0.2) is 18.9 Å². The highest BCUT2D eigenvalue weighted by Gasteiger charge is 2.32. The van der Waals surface area contributed by atoms with Crippen LogP contribution >= 0.6 is 0 Å². The number of hydrogen-bond acceptors (Lipinski definition) is 2. The first kappa shape index (κ1) is 3.87. The maximum Gasteiger partial charge on any atom is 0.109 e. The molecule has 0 saturated carbocycles. The molecule has 3 aliphatic rings. The predicted molar refractivity (Wildman–Crippen MR) is 25.9 cm³/mol. The Morgan fingerprint density at radius 2 is 2.43 bits per heavy atom. The molecule has 3 fully saturated rings. The van der Waals surface area contributed by atoms with Gasteiger partial charge >= 0.3 is 0 Å². The molecule has 0 aromatic heterocycles. The van der Waals surface area contributed by atoms with Crippen molar-refractivity contribution in [2.24, 2.45) is 0 Å². The standard InChI is InChI=1S/C5H9NO/c1-2-7-5-3-4(1)6-5/h4-6H,1-3H2.